The lowest BCUT2D eigenvalue weighted by Crippen LogP contribution is -2.57. The van der Waals surface area contributed by atoms with Gasteiger partial charge in [0, 0.05) is 5.41 Å². The second-order valence-corrected chi connectivity index (χ2v) is 10.2. The highest BCUT2D eigenvalue weighted by atomic mass is 28.3. The first-order valence-corrected chi connectivity index (χ1v) is 11.1. The predicted molar refractivity (Wildman–Crippen MR) is 109 cm³/mol. The maximum absolute atomic E-state index is 13.8. The van der Waals surface area contributed by atoms with Gasteiger partial charge >= 0.3 is 0 Å². The molecule has 1 atom stereocenters. The van der Waals surface area contributed by atoms with Gasteiger partial charge in [-0.15, -0.1) is 18.2 Å². The number of hydrogen-bond donors (Lipinski definition) is 0. The summed E-state index contributed by atoms with van der Waals surface area (Å²) in [5, 5.41) is 2.74. The van der Waals surface area contributed by atoms with Gasteiger partial charge in [0.05, 0.1) is 0 Å². The molecule has 1 aliphatic carbocycles. The predicted octanol–water partition coefficient (Wildman–Crippen LogP) is 5.16. The Labute approximate surface area is 151 Å². The van der Waals surface area contributed by atoms with E-state index in [2.05, 4.69) is 54.6 Å². The summed E-state index contributed by atoms with van der Waals surface area (Å²) in [6.45, 7) is 2.03. The Morgan fingerprint density at radius 3 is 2.28 bits per heavy atom. The molecule has 2 aromatic rings. The monoisotopic (exact) mass is 344 g/mol. The maximum Gasteiger partial charge on any atom is 0.0303 e. The number of hydrogen-bond acceptors (Lipinski definition) is 1. The standard InChI is InChI=1S/C23H24OSi/c1-2-3-19-25(21-15-9-5-10-16-21,22-17-11-6-12-18-22)23(24)20-13-7-4-8-14-20/h2-5,7-11,13-18H,6,12,19H2,1H3/q-1/b3-2-. The van der Waals surface area contributed by atoms with Crippen LogP contribution < -0.4 is 5.19 Å². The Morgan fingerprint density at radius 2 is 1.68 bits per heavy atom. The van der Waals surface area contributed by atoms with Crippen LogP contribution in [0.4, 0.5) is 0 Å². The van der Waals surface area contributed by atoms with Crippen LogP contribution in [0.5, 0.6) is 0 Å². The van der Waals surface area contributed by atoms with E-state index in [1.165, 1.54) is 10.4 Å². The number of benzene rings is 2. The molecule has 0 amide bonds. The minimum Gasteiger partial charge on any atom is -0.335 e. The fourth-order valence-corrected chi connectivity index (χ4v) is 7.96. The van der Waals surface area contributed by atoms with Gasteiger partial charge < -0.3 is 4.79 Å². The zero-order chi connectivity index (χ0) is 17.5. The molecule has 0 radical (unpaired) electrons. The van der Waals surface area contributed by atoms with Crippen molar-refractivity contribution in [2.45, 2.75) is 25.8 Å². The van der Waals surface area contributed by atoms with Crippen LogP contribution in [0.2, 0.25) is 6.04 Å². The normalized spacial score (nSPS) is 16.4. The summed E-state index contributed by atoms with van der Waals surface area (Å²) in [5.41, 5.74) is 0.822. The molecule has 127 valence electrons. The molecular weight excluding hydrogens is 320 g/mol. The SMILES string of the molecule is C/C=C\C[Si-](C(=O)c1ccccc1)(C1=CCCC=C1)c1ccccc1. The zero-order valence-corrected chi connectivity index (χ0v) is 15.7. The van der Waals surface area contributed by atoms with Crippen molar-refractivity contribution >= 4 is 18.7 Å². The minimum atomic E-state index is -2.59. The van der Waals surface area contributed by atoms with E-state index in [-0.39, 0.29) is 0 Å². The molecule has 0 saturated carbocycles. The number of allylic oxidation sites excluding steroid dienone is 6. The average molecular weight is 345 g/mol. The van der Waals surface area contributed by atoms with Crippen LogP contribution in [0, 0.1) is 0 Å². The average Bonchev–Trinajstić information content (AvgIpc) is 2.71. The van der Waals surface area contributed by atoms with Crippen LogP contribution in [0.15, 0.2) is 96.2 Å². The van der Waals surface area contributed by atoms with Gasteiger partial charge in [-0.25, -0.2) is 0 Å². The number of rotatable bonds is 6. The highest BCUT2D eigenvalue weighted by Crippen LogP contribution is 2.29. The van der Waals surface area contributed by atoms with Gasteiger partial charge in [-0.05, 0) is 33.4 Å². The van der Waals surface area contributed by atoms with Crippen molar-refractivity contribution in [2.24, 2.45) is 0 Å². The van der Waals surface area contributed by atoms with Crippen molar-refractivity contribution in [3.05, 3.63) is 102 Å². The Kier molecular flexibility index (Phi) is 5.62. The summed E-state index contributed by atoms with van der Waals surface area (Å²) in [6, 6.07) is 21.0. The van der Waals surface area contributed by atoms with E-state index in [4.69, 9.17) is 0 Å². The first-order valence-electron chi connectivity index (χ1n) is 8.93. The molecule has 0 saturated heterocycles. The molecule has 1 aliphatic rings. The van der Waals surface area contributed by atoms with Crippen LogP contribution in [0.1, 0.15) is 30.1 Å². The molecule has 0 fully saturated rings. The molecule has 0 heterocycles. The van der Waals surface area contributed by atoms with E-state index in [1.807, 2.05) is 43.3 Å². The molecule has 25 heavy (non-hydrogen) atoms. The Morgan fingerprint density at radius 1 is 1.00 bits per heavy atom. The molecule has 2 aromatic carbocycles. The van der Waals surface area contributed by atoms with Gasteiger partial charge in [0.2, 0.25) is 0 Å². The Hall–Kier alpha value is -2.45. The van der Waals surface area contributed by atoms with E-state index in [0.717, 1.165) is 24.4 Å². The third kappa shape index (κ3) is 3.49. The Balaban J connectivity index is 2.22. The van der Waals surface area contributed by atoms with Crippen molar-refractivity contribution in [1.29, 1.82) is 0 Å². The number of carbonyl (C=O) groups is 1. The molecule has 0 bridgehead atoms. The summed E-state index contributed by atoms with van der Waals surface area (Å²) in [4.78, 5) is 13.8. The zero-order valence-electron chi connectivity index (χ0n) is 14.7. The van der Waals surface area contributed by atoms with E-state index in [9.17, 15) is 4.79 Å². The van der Waals surface area contributed by atoms with Crippen LogP contribution in [-0.4, -0.2) is 13.5 Å². The molecular formula is C23H24OSi-. The van der Waals surface area contributed by atoms with Crippen LogP contribution in [-0.2, 0) is 0 Å². The quantitative estimate of drug-likeness (QED) is 0.523. The van der Waals surface area contributed by atoms with Crippen molar-refractivity contribution < 1.29 is 4.79 Å². The molecule has 0 aliphatic heterocycles. The van der Waals surface area contributed by atoms with Crippen LogP contribution in [0.3, 0.4) is 0 Å². The molecule has 2 heteroatoms. The topological polar surface area (TPSA) is 17.1 Å². The van der Waals surface area contributed by atoms with Gasteiger partial charge in [-0.1, -0.05) is 78.9 Å². The highest BCUT2D eigenvalue weighted by molar-refractivity contribution is 7.21. The van der Waals surface area contributed by atoms with Gasteiger partial charge in [-0.3, -0.25) is 0 Å². The number of carbonyl (C=O) groups excluding carboxylic acids is 1. The summed E-state index contributed by atoms with van der Waals surface area (Å²) in [5.74, 6) is 0. The van der Waals surface area contributed by atoms with Crippen molar-refractivity contribution in [1.82, 2.24) is 0 Å². The molecule has 1 unspecified atom stereocenters. The summed E-state index contributed by atoms with van der Waals surface area (Å²) < 4.78 is 0. The molecule has 1 nitrogen and oxygen atoms in total. The summed E-state index contributed by atoms with van der Waals surface area (Å²) >= 11 is 0. The van der Waals surface area contributed by atoms with Crippen molar-refractivity contribution in [2.75, 3.05) is 0 Å². The van der Waals surface area contributed by atoms with Crippen molar-refractivity contribution in [3.8, 4) is 0 Å². The fourth-order valence-electron chi connectivity index (χ4n) is 3.54. The van der Waals surface area contributed by atoms with Crippen LogP contribution >= 0.6 is 0 Å². The maximum atomic E-state index is 13.8. The van der Waals surface area contributed by atoms with Gasteiger partial charge in [0.25, 0.3) is 0 Å². The van der Waals surface area contributed by atoms with E-state index >= 15 is 0 Å². The van der Waals surface area contributed by atoms with E-state index in [1.54, 1.807) is 0 Å². The van der Waals surface area contributed by atoms with Crippen LogP contribution in [0.25, 0.3) is 0 Å². The summed E-state index contributed by atoms with van der Waals surface area (Å²) in [6.07, 6.45) is 13.0. The van der Waals surface area contributed by atoms with Crippen molar-refractivity contribution in [3.63, 3.8) is 0 Å². The molecule has 3 rings (SSSR count). The lowest BCUT2D eigenvalue weighted by Gasteiger charge is -2.44. The second kappa shape index (κ2) is 8.08. The minimum absolute atomic E-state index is 0.301. The van der Waals surface area contributed by atoms with Gasteiger partial charge in [0.1, 0.15) is 0 Å². The molecule has 0 spiro atoms. The third-order valence-corrected chi connectivity index (χ3v) is 9.43. The molecule has 0 N–H and O–H groups in total. The van der Waals surface area contributed by atoms with E-state index < -0.39 is 8.07 Å². The highest BCUT2D eigenvalue weighted by Gasteiger charge is 2.32. The fraction of sp³-hybridized carbons (Fsp3) is 0.174. The second-order valence-electron chi connectivity index (χ2n) is 6.38. The molecule has 0 aromatic heterocycles. The summed E-state index contributed by atoms with van der Waals surface area (Å²) in [7, 11) is -2.59. The van der Waals surface area contributed by atoms with E-state index in [0.29, 0.717) is 5.41 Å². The first kappa shape index (κ1) is 17.4. The third-order valence-electron chi connectivity index (χ3n) is 4.84. The Bertz CT molecular complexity index is 803. The van der Waals surface area contributed by atoms with Gasteiger partial charge in [-0.2, -0.15) is 10.4 Å². The smallest absolute Gasteiger partial charge is 0.0303 e. The lowest BCUT2D eigenvalue weighted by atomic mass is 10.2. The largest absolute Gasteiger partial charge is 0.335 e. The first-order chi connectivity index (χ1) is 12.3. The van der Waals surface area contributed by atoms with Gasteiger partial charge in [0.15, 0.2) is 0 Å². The lowest BCUT2D eigenvalue weighted by molar-refractivity contribution is 0.107.